The van der Waals surface area contributed by atoms with Crippen molar-refractivity contribution in [3.63, 3.8) is 0 Å². The Balaban J connectivity index is 0. The van der Waals surface area contributed by atoms with Gasteiger partial charge in [0, 0.05) is 5.92 Å². The molecule has 0 rings (SSSR count). The van der Waals surface area contributed by atoms with E-state index in [2.05, 4.69) is 27.7 Å². The second kappa shape index (κ2) is 41.3. The van der Waals surface area contributed by atoms with E-state index >= 15 is 0 Å². The number of quaternary nitrogens is 1. The summed E-state index contributed by atoms with van der Waals surface area (Å²) in [6.45, 7) is 13.5. The Morgan fingerprint density at radius 2 is 0.500 bits per heavy atom. The van der Waals surface area contributed by atoms with Crippen molar-refractivity contribution in [3.05, 3.63) is 0 Å². The molecule has 268 valence electrons. The standard InChI is InChI=1S/C42H87N.ClH/c1-5-9-11-13-15-17-19-21-23-25-27-29-31-33-35-37-39-42(41-43(7-3)8-4)40-38-36-34-32-30-28-26-24-22-20-18-16-14-12-10-6-2;/h42H,5-41H2,1-4H3;1H. The van der Waals surface area contributed by atoms with Gasteiger partial charge in [0.15, 0.2) is 0 Å². The van der Waals surface area contributed by atoms with E-state index in [-0.39, 0.29) is 12.4 Å². The third-order valence-electron chi connectivity index (χ3n) is 10.5. The number of unbranched alkanes of at least 4 members (excludes halogenated alkanes) is 30. The molecule has 0 aromatic carbocycles. The Bertz CT molecular complexity index is 440. The summed E-state index contributed by atoms with van der Waals surface area (Å²) >= 11 is 0. The minimum Gasteiger partial charge on any atom is -1.00 e. The van der Waals surface area contributed by atoms with E-state index in [4.69, 9.17) is 0 Å². The first-order chi connectivity index (χ1) is 21.3. The van der Waals surface area contributed by atoms with Gasteiger partial charge in [0.1, 0.15) is 0 Å². The summed E-state index contributed by atoms with van der Waals surface area (Å²) in [7, 11) is 0. The van der Waals surface area contributed by atoms with Gasteiger partial charge in [0.05, 0.1) is 19.6 Å². The summed E-state index contributed by atoms with van der Waals surface area (Å²) < 4.78 is 0. The molecule has 0 saturated heterocycles. The first-order valence-electron chi connectivity index (χ1n) is 21.1. The average Bonchev–Trinajstić information content (AvgIpc) is 3.02. The minimum atomic E-state index is 0. The molecule has 1 N–H and O–H groups in total. The molecular weight excluding hydrogens is 554 g/mol. The van der Waals surface area contributed by atoms with E-state index < -0.39 is 0 Å². The highest BCUT2D eigenvalue weighted by Crippen LogP contribution is 2.20. The highest BCUT2D eigenvalue weighted by Gasteiger charge is 2.15. The number of rotatable bonds is 38. The van der Waals surface area contributed by atoms with Crippen LogP contribution < -0.4 is 17.3 Å². The average molecular weight is 643 g/mol. The Hall–Kier alpha value is 0.250. The molecule has 0 radical (unpaired) electrons. The maximum absolute atomic E-state index is 2.39. The fourth-order valence-electron chi connectivity index (χ4n) is 7.26. The smallest absolute Gasteiger partial charge is 0.0799 e. The van der Waals surface area contributed by atoms with Gasteiger partial charge in [0.25, 0.3) is 0 Å². The van der Waals surface area contributed by atoms with Crippen LogP contribution in [-0.4, -0.2) is 19.6 Å². The largest absolute Gasteiger partial charge is 1.00 e. The second-order valence-electron chi connectivity index (χ2n) is 14.7. The maximum atomic E-state index is 2.39. The number of hydrogen-bond donors (Lipinski definition) is 1. The molecule has 0 heterocycles. The maximum Gasteiger partial charge on any atom is 0.0799 e. The molecule has 0 unspecified atom stereocenters. The number of halogens is 1. The molecule has 0 spiro atoms. The van der Waals surface area contributed by atoms with E-state index in [0.717, 1.165) is 5.92 Å². The molecule has 0 atom stereocenters. The molecule has 0 amide bonds. The zero-order valence-corrected chi connectivity index (χ0v) is 32.4. The molecular formula is C42H88ClN. The van der Waals surface area contributed by atoms with Crippen LogP contribution in [0.15, 0.2) is 0 Å². The van der Waals surface area contributed by atoms with Crippen molar-refractivity contribution in [1.82, 2.24) is 0 Å². The zero-order chi connectivity index (χ0) is 31.3. The molecule has 44 heavy (non-hydrogen) atoms. The van der Waals surface area contributed by atoms with Gasteiger partial charge >= 0.3 is 0 Å². The Morgan fingerprint density at radius 3 is 0.705 bits per heavy atom. The second-order valence-corrected chi connectivity index (χ2v) is 14.7. The Labute approximate surface area is 288 Å². The molecule has 0 aromatic rings. The highest BCUT2D eigenvalue weighted by atomic mass is 35.5. The molecule has 0 saturated carbocycles. The minimum absolute atomic E-state index is 0. The lowest BCUT2D eigenvalue weighted by Gasteiger charge is -2.23. The first kappa shape index (κ1) is 46.4. The van der Waals surface area contributed by atoms with E-state index in [9.17, 15) is 0 Å². The predicted molar refractivity (Wildman–Crippen MR) is 199 cm³/mol. The quantitative estimate of drug-likeness (QED) is 0.0640. The molecule has 0 aliphatic rings. The normalized spacial score (nSPS) is 11.6. The first-order valence-corrected chi connectivity index (χ1v) is 21.1. The summed E-state index contributed by atoms with van der Waals surface area (Å²) in [5.74, 6) is 0.980. The molecule has 0 aliphatic carbocycles. The lowest BCUT2D eigenvalue weighted by Crippen LogP contribution is -3.12. The van der Waals surface area contributed by atoms with Gasteiger partial charge in [-0.15, -0.1) is 0 Å². The van der Waals surface area contributed by atoms with Crippen LogP contribution in [0, 0.1) is 5.92 Å². The van der Waals surface area contributed by atoms with E-state index in [1.165, 1.54) is 238 Å². The molecule has 0 bridgehead atoms. The number of hydrogen-bond acceptors (Lipinski definition) is 0. The Kier molecular flexibility index (Phi) is 43.5. The monoisotopic (exact) mass is 642 g/mol. The van der Waals surface area contributed by atoms with Gasteiger partial charge in [0.2, 0.25) is 0 Å². The van der Waals surface area contributed by atoms with Crippen molar-refractivity contribution in [2.75, 3.05) is 19.6 Å². The van der Waals surface area contributed by atoms with Gasteiger partial charge in [-0.2, -0.15) is 0 Å². The summed E-state index contributed by atoms with van der Waals surface area (Å²) in [5.41, 5.74) is 0. The van der Waals surface area contributed by atoms with Crippen LogP contribution in [0.4, 0.5) is 0 Å². The third-order valence-corrected chi connectivity index (χ3v) is 10.5. The van der Waals surface area contributed by atoms with Crippen molar-refractivity contribution >= 4 is 0 Å². The fourth-order valence-corrected chi connectivity index (χ4v) is 7.26. The van der Waals surface area contributed by atoms with Crippen LogP contribution in [0.3, 0.4) is 0 Å². The molecule has 1 nitrogen and oxygen atoms in total. The van der Waals surface area contributed by atoms with Crippen molar-refractivity contribution < 1.29 is 17.3 Å². The van der Waals surface area contributed by atoms with E-state index in [0.29, 0.717) is 0 Å². The molecule has 0 fully saturated rings. The van der Waals surface area contributed by atoms with Crippen LogP contribution in [0.5, 0.6) is 0 Å². The number of nitrogens with one attached hydrogen (secondary N) is 1. The summed E-state index contributed by atoms with van der Waals surface area (Å²) in [5, 5.41) is 0. The lowest BCUT2D eigenvalue weighted by molar-refractivity contribution is -0.900. The summed E-state index contributed by atoms with van der Waals surface area (Å²) in [6.07, 6.45) is 50.2. The van der Waals surface area contributed by atoms with Gasteiger partial charge in [-0.25, -0.2) is 0 Å². The van der Waals surface area contributed by atoms with Crippen molar-refractivity contribution in [2.45, 2.75) is 246 Å². The third kappa shape index (κ3) is 36.7. The SMILES string of the molecule is CCCCCCCCCCCCCCCCCCC(CCCCCCCCCCCCCCCCCC)C[NH+](CC)CC.[Cl-]. The van der Waals surface area contributed by atoms with Crippen LogP contribution in [0.1, 0.15) is 246 Å². The van der Waals surface area contributed by atoms with Crippen molar-refractivity contribution in [2.24, 2.45) is 5.92 Å². The molecule has 0 aromatic heterocycles. The predicted octanol–water partition coefficient (Wildman–Crippen LogP) is 10.8. The van der Waals surface area contributed by atoms with E-state index in [1.54, 1.807) is 0 Å². The van der Waals surface area contributed by atoms with Crippen molar-refractivity contribution in [1.29, 1.82) is 0 Å². The van der Waals surface area contributed by atoms with Gasteiger partial charge in [-0.05, 0) is 26.7 Å². The fraction of sp³-hybridized carbons (Fsp3) is 1.00. The van der Waals surface area contributed by atoms with Crippen LogP contribution in [-0.2, 0) is 0 Å². The van der Waals surface area contributed by atoms with E-state index in [1.807, 2.05) is 4.90 Å². The van der Waals surface area contributed by atoms with Crippen LogP contribution in [0.2, 0.25) is 0 Å². The zero-order valence-electron chi connectivity index (χ0n) is 31.6. The van der Waals surface area contributed by atoms with Crippen LogP contribution >= 0.6 is 0 Å². The summed E-state index contributed by atoms with van der Waals surface area (Å²) in [4.78, 5) is 1.83. The summed E-state index contributed by atoms with van der Waals surface area (Å²) in [6, 6.07) is 0. The highest BCUT2D eigenvalue weighted by molar-refractivity contribution is 4.60. The lowest BCUT2D eigenvalue weighted by atomic mass is 9.93. The van der Waals surface area contributed by atoms with Crippen molar-refractivity contribution in [3.8, 4) is 0 Å². The Morgan fingerprint density at radius 1 is 0.295 bits per heavy atom. The topological polar surface area (TPSA) is 4.44 Å². The van der Waals surface area contributed by atoms with Crippen LogP contribution in [0.25, 0.3) is 0 Å². The van der Waals surface area contributed by atoms with Gasteiger partial charge < -0.3 is 17.3 Å². The molecule has 2 heteroatoms. The molecule has 0 aliphatic heterocycles. The van der Waals surface area contributed by atoms with Gasteiger partial charge in [-0.3, -0.25) is 0 Å². The van der Waals surface area contributed by atoms with Gasteiger partial charge in [-0.1, -0.05) is 219 Å².